The number of aldehydes is 1. The Bertz CT molecular complexity index is 1160. The van der Waals surface area contributed by atoms with Gasteiger partial charge in [-0.15, -0.1) is 0 Å². The van der Waals surface area contributed by atoms with E-state index in [1.54, 1.807) is 6.08 Å². The fourth-order valence-electron chi connectivity index (χ4n) is 4.69. The van der Waals surface area contributed by atoms with Crippen molar-refractivity contribution in [2.75, 3.05) is 4.90 Å². The Labute approximate surface area is 176 Å². The predicted molar refractivity (Wildman–Crippen MR) is 122 cm³/mol. The first-order chi connectivity index (χ1) is 14.9. The van der Waals surface area contributed by atoms with Gasteiger partial charge in [0.2, 0.25) is 0 Å². The maximum absolute atomic E-state index is 11.9. The number of para-hydroxylation sites is 2. The fourth-order valence-corrected chi connectivity index (χ4v) is 4.69. The highest BCUT2D eigenvalue weighted by Crippen LogP contribution is 2.57. The van der Waals surface area contributed by atoms with Crippen LogP contribution in [0.2, 0.25) is 0 Å². The van der Waals surface area contributed by atoms with Crippen molar-refractivity contribution in [1.29, 1.82) is 0 Å². The Kier molecular flexibility index (Phi) is 4.53. The molecule has 4 aromatic rings. The van der Waals surface area contributed by atoms with Gasteiger partial charge in [0, 0.05) is 11.4 Å². The van der Waals surface area contributed by atoms with Gasteiger partial charge in [0.05, 0.1) is 11.1 Å². The molecule has 0 N–H and O–H groups in total. The van der Waals surface area contributed by atoms with Crippen LogP contribution in [0.3, 0.4) is 0 Å². The minimum absolute atomic E-state index is 0.587. The minimum atomic E-state index is -0.587. The van der Waals surface area contributed by atoms with Crippen molar-refractivity contribution >= 4 is 17.7 Å². The van der Waals surface area contributed by atoms with Gasteiger partial charge in [0.25, 0.3) is 0 Å². The lowest BCUT2D eigenvalue weighted by molar-refractivity contribution is -0.104. The van der Waals surface area contributed by atoms with Crippen LogP contribution >= 0.6 is 0 Å². The van der Waals surface area contributed by atoms with Gasteiger partial charge < -0.3 is 4.90 Å². The third kappa shape index (κ3) is 2.61. The molecule has 0 radical (unpaired) electrons. The molecule has 4 aromatic carbocycles. The van der Waals surface area contributed by atoms with Crippen molar-refractivity contribution in [2.24, 2.45) is 0 Å². The van der Waals surface area contributed by atoms with E-state index >= 15 is 0 Å². The van der Waals surface area contributed by atoms with Crippen LogP contribution in [0.5, 0.6) is 0 Å². The Morgan fingerprint density at radius 3 is 1.67 bits per heavy atom. The van der Waals surface area contributed by atoms with Crippen molar-refractivity contribution in [3.8, 4) is 0 Å². The molecular weight excluding hydrogens is 366 g/mol. The van der Waals surface area contributed by atoms with Crippen LogP contribution in [0.15, 0.2) is 127 Å². The Hall–Kier alpha value is -3.91. The summed E-state index contributed by atoms with van der Waals surface area (Å²) < 4.78 is 0. The summed E-state index contributed by atoms with van der Waals surface area (Å²) >= 11 is 0. The van der Waals surface area contributed by atoms with Crippen LogP contribution in [-0.2, 0) is 10.2 Å². The van der Waals surface area contributed by atoms with Gasteiger partial charge in [-0.2, -0.15) is 0 Å². The topological polar surface area (TPSA) is 20.3 Å². The molecule has 2 nitrogen and oxygen atoms in total. The number of benzene rings is 4. The molecule has 0 amide bonds. The number of hydrogen-bond acceptors (Lipinski definition) is 2. The van der Waals surface area contributed by atoms with Gasteiger partial charge in [-0.3, -0.25) is 4.79 Å². The molecule has 0 unspecified atom stereocenters. The highest BCUT2D eigenvalue weighted by atomic mass is 16.1. The number of nitrogens with zero attached hydrogens (tertiary/aromatic N) is 1. The van der Waals surface area contributed by atoms with Gasteiger partial charge in [-0.25, -0.2) is 0 Å². The standard InChI is InChI=1S/C28H21NO/c30-21-20-27-28(22-12-4-1-5-13-22,23-14-6-2-7-15-23)25-18-10-11-19-26(25)29(27)24-16-8-3-9-17-24/h1-21H. The monoisotopic (exact) mass is 387 g/mol. The maximum atomic E-state index is 11.9. The van der Waals surface area contributed by atoms with Gasteiger partial charge in [0.15, 0.2) is 0 Å². The Balaban J connectivity index is 1.93. The molecule has 30 heavy (non-hydrogen) atoms. The summed E-state index contributed by atoms with van der Waals surface area (Å²) in [4.78, 5) is 14.1. The Morgan fingerprint density at radius 2 is 1.10 bits per heavy atom. The molecule has 0 saturated carbocycles. The number of fused-ring (bicyclic) bond motifs is 1. The molecule has 0 saturated heterocycles. The third-order valence-corrected chi connectivity index (χ3v) is 5.83. The zero-order valence-corrected chi connectivity index (χ0v) is 16.5. The number of allylic oxidation sites excluding steroid dienone is 2. The normalized spacial score (nSPS) is 15.7. The maximum Gasteiger partial charge on any atom is 0.144 e. The number of rotatable bonds is 4. The molecule has 0 aromatic heterocycles. The number of carbonyl (C=O) groups is 1. The van der Waals surface area contributed by atoms with E-state index in [0.717, 1.165) is 34.5 Å². The average molecular weight is 387 g/mol. The van der Waals surface area contributed by atoms with E-state index in [0.29, 0.717) is 0 Å². The summed E-state index contributed by atoms with van der Waals surface area (Å²) in [6.45, 7) is 0. The second kappa shape index (κ2) is 7.49. The molecule has 1 aliphatic rings. The van der Waals surface area contributed by atoms with Crippen LogP contribution in [0.25, 0.3) is 0 Å². The summed E-state index contributed by atoms with van der Waals surface area (Å²) in [5.41, 5.74) is 5.90. The molecule has 1 aliphatic heterocycles. The Morgan fingerprint density at radius 1 is 0.600 bits per heavy atom. The highest BCUT2D eigenvalue weighted by molar-refractivity contribution is 5.88. The van der Waals surface area contributed by atoms with Crippen LogP contribution in [-0.4, -0.2) is 6.29 Å². The SMILES string of the molecule is O=CC=C1N(c2ccccc2)c2ccccc2C1(c1ccccc1)c1ccccc1. The highest BCUT2D eigenvalue weighted by Gasteiger charge is 2.50. The number of hydrogen-bond donors (Lipinski definition) is 0. The lowest BCUT2D eigenvalue weighted by Gasteiger charge is -2.35. The molecule has 0 fully saturated rings. The van der Waals surface area contributed by atoms with Gasteiger partial charge >= 0.3 is 0 Å². The first kappa shape index (κ1) is 18.1. The largest absolute Gasteiger partial charge is 0.312 e. The van der Waals surface area contributed by atoms with Crippen molar-refractivity contribution < 1.29 is 4.79 Å². The zero-order chi connectivity index (χ0) is 20.4. The average Bonchev–Trinajstić information content (AvgIpc) is 3.12. The van der Waals surface area contributed by atoms with Crippen molar-refractivity contribution in [2.45, 2.75) is 5.41 Å². The van der Waals surface area contributed by atoms with Crippen molar-refractivity contribution in [1.82, 2.24) is 0 Å². The molecule has 0 atom stereocenters. The second-order valence-corrected chi connectivity index (χ2v) is 7.36. The van der Waals surface area contributed by atoms with E-state index in [-0.39, 0.29) is 0 Å². The summed E-state index contributed by atoms with van der Waals surface area (Å²) in [6.07, 6.45) is 2.62. The summed E-state index contributed by atoms with van der Waals surface area (Å²) in [6, 6.07) is 39.6. The molecule has 5 rings (SSSR count). The number of anilines is 2. The summed E-state index contributed by atoms with van der Waals surface area (Å²) in [5.74, 6) is 0. The van der Waals surface area contributed by atoms with Crippen molar-refractivity contribution in [3.63, 3.8) is 0 Å². The molecule has 144 valence electrons. The smallest absolute Gasteiger partial charge is 0.144 e. The van der Waals surface area contributed by atoms with E-state index in [9.17, 15) is 4.79 Å². The van der Waals surface area contributed by atoms with Crippen LogP contribution in [0, 0.1) is 0 Å². The number of carbonyl (C=O) groups excluding carboxylic acids is 1. The fraction of sp³-hybridized carbons (Fsp3) is 0.0357. The van der Waals surface area contributed by atoms with E-state index < -0.39 is 5.41 Å². The lowest BCUT2D eigenvalue weighted by atomic mass is 9.68. The quantitative estimate of drug-likeness (QED) is 0.304. The van der Waals surface area contributed by atoms with Gasteiger partial charge in [-0.1, -0.05) is 97.1 Å². The summed E-state index contributed by atoms with van der Waals surface area (Å²) in [7, 11) is 0. The van der Waals surface area contributed by atoms with E-state index in [2.05, 4.69) is 89.8 Å². The molecular formula is C28H21NO. The van der Waals surface area contributed by atoms with Crippen molar-refractivity contribution in [3.05, 3.63) is 144 Å². The third-order valence-electron chi connectivity index (χ3n) is 5.83. The lowest BCUT2D eigenvalue weighted by Crippen LogP contribution is -2.32. The van der Waals surface area contributed by atoms with Gasteiger partial charge in [0.1, 0.15) is 6.29 Å². The van der Waals surface area contributed by atoms with E-state index in [1.807, 2.05) is 30.3 Å². The molecule has 2 heteroatoms. The zero-order valence-electron chi connectivity index (χ0n) is 16.5. The van der Waals surface area contributed by atoms with Crippen LogP contribution in [0.4, 0.5) is 11.4 Å². The van der Waals surface area contributed by atoms with Crippen LogP contribution < -0.4 is 4.90 Å². The van der Waals surface area contributed by atoms with Crippen LogP contribution in [0.1, 0.15) is 16.7 Å². The minimum Gasteiger partial charge on any atom is -0.312 e. The first-order valence-corrected chi connectivity index (χ1v) is 10.1. The predicted octanol–water partition coefficient (Wildman–Crippen LogP) is 6.26. The first-order valence-electron chi connectivity index (χ1n) is 10.1. The molecule has 0 spiro atoms. The molecule has 0 bridgehead atoms. The molecule has 0 aliphatic carbocycles. The molecule has 1 heterocycles. The van der Waals surface area contributed by atoms with E-state index in [1.165, 1.54) is 5.56 Å². The van der Waals surface area contributed by atoms with Gasteiger partial charge in [-0.05, 0) is 41.0 Å². The van der Waals surface area contributed by atoms with E-state index in [4.69, 9.17) is 0 Å². The summed E-state index contributed by atoms with van der Waals surface area (Å²) in [5, 5.41) is 0. The second-order valence-electron chi connectivity index (χ2n) is 7.36.